The number of nitrogens with zero attached hydrogens (tertiary/aromatic N) is 1. The van der Waals surface area contributed by atoms with Gasteiger partial charge in [-0.15, -0.1) is 34.5 Å². The molecule has 0 aliphatic carbocycles. The fraction of sp³-hybridized carbons (Fsp3) is 0.133. The summed E-state index contributed by atoms with van der Waals surface area (Å²) in [4.78, 5) is 4.45. The number of aryl methyl sites for hydroxylation is 1. The van der Waals surface area contributed by atoms with Gasteiger partial charge in [0, 0.05) is 26.3 Å². The average Bonchev–Trinajstić information content (AvgIpc) is 2.37. The molecule has 0 aliphatic heterocycles. The van der Waals surface area contributed by atoms with Crippen molar-refractivity contribution in [3.8, 4) is 0 Å². The van der Waals surface area contributed by atoms with Crippen LogP contribution in [0.15, 0.2) is 42.6 Å². The number of aromatic nitrogens is 1. The van der Waals surface area contributed by atoms with Gasteiger partial charge in [-0.2, -0.15) is 0 Å². The van der Waals surface area contributed by atoms with Crippen molar-refractivity contribution in [3.05, 3.63) is 54.2 Å². The first-order chi connectivity index (χ1) is 7.90. The zero-order chi connectivity index (χ0) is 11.0. The van der Waals surface area contributed by atoms with Crippen molar-refractivity contribution in [1.29, 1.82) is 0 Å². The Hall–Kier alpha value is -1.24. The van der Waals surface area contributed by atoms with Gasteiger partial charge in [0.1, 0.15) is 0 Å². The molecule has 17 heavy (non-hydrogen) atoms. The van der Waals surface area contributed by atoms with Crippen molar-refractivity contribution in [1.82, 2.24) is 4.98 Å². The van der Waals surface area contributed by atoms with Gasteiger partial charge in [0.2, 0.25) is 0 Å². The van der Waals surface area contributed by atoms with Crippen LogP contribution in [-0.2, 0) is 26.5 Å². The summed E-state index contributed by atoms with van der Waals surface area (Å²) < 4.78 is 0. The van der Waals surface area contributed by atoms with Gasteiger partial charge in [-0.3, -0.25) is 0 Å². The van der Waals surface area contributed by atoms with Crippen LogP contribution in [0.3, 0.4) is 0 Å². The molecule has 3 aromatic rings. The Labute approximate surface area is 114 Å². The summed E-state index contributed by atoms with van der Waals surface area (Å²) in [6.07, 6.45) is 2.89. The molecule has 0 spiro atoms. The average molecular weight is 398 g/mol. The molecule has 1 heterocycles. The van der Waals surface area contributed by atoms with E-state index in [4.69, 9.17) is 0 Å². The van der Waals surface area contributed by atoms with Crippen molar-refractivity contribution in [2.45, 2.75) is 13.3 Å². The van der Waals surface area contributed by atoms with E-state index in [1.54, 1.807) is 0 Å². The summed E-state index contributed by atoms with van der Waals surface area (Å²) in [5, 5.41) is 3.59. The number of hydrogen-bond donors (Lipinski definition) is 0. The zero-order valence-electron chi connectivity index (χ0n) is 9.53. The molecular weight excluding hydrogens is 386 g/mol. The van der Waals surface area contributed by atoms with Gasteiger partial charge >= 0.3 is 0 Å². The fourth-order valence-corrected chi connectivity index (χ4v) is 2.18. The molecule has 0 bridgehead atoms. The van der Waals surface area contributed by atoms with Gasteiger partial charge in [-0.1, -0.05) is 25.1 Å². The third-order valence-electron chi connectivity index (χ3n) is 3.01. The third-order valence-corrected chi connectivity index (χ3v) is 3.01. The Morgan fingerprint density at radius 3 is 2.88 bits per heavy atom. The quantitative estimate of drug-likeness (QED) is 0.449. The molecule has 0 unspecified atom stereocenters. The second-order valence-corrected chi connectivity index (χ2v) is 3.92. The topological polar surface area (TPSA) is 12.9 Å². The number of fused-ring (bicyclic) bond motifs is 3. The molecule has 2 heteroatoms. The van der Waals surface area contributed by atoms with Crippen LogP contribution in [0.25, 0.3) is 21.7 Å². The van der Waals surface area contributed by atoms with Crippen LogP contribution in [-0.4, -0.2) is 4.98 Å². The Balaban J connectivity index is 0.00000108. The summed E-state index contributed by atoms with van der Waals surface area (Å²) in [5.41, 5.74) is 2.41. The fourth-order valence-electron chi connectivity index (χ4n) is 2.18. The van der Waals surface area contributed by atoms with Crippen molar-refractivity contribution in [2.24, 2.45) is 0 Å². The van der Waals surface area contributed by atoms with E-state index in [0.717, 1.165) is 17.3 Å². The number of hydrogen-bond acceptors (Lipinski definition) is 1. The van der Waals surface area contributed by atoms with E-state index in [-0.39, 0.29) is 20.1 Å². The van der Waals surface area contributed by atoms with E-state index in [1.807, 2.05) is 18.3 Å². The second kappa shape index (κ2) is 4.95. The van der Waals surface area contributed by atoms with Gasteiger partial charge < -0.3 is 4.98 Å². The maximum absolute atomic E-state index is 4.45. The predicted octanol–water partition coefficient (Wildman–Crippen LogP) is 3.75. The van der Waals surface area contributed by atoms with Gasteiger partial charge in [0.25, 0.3) is 0 Å². The van der Waals surface area contributed by atoms with Crippen molar-refractivity contribution in [2.75, 3.05) is 0 Å². The van der Waals surface area contributed by atoms with Gasteiger partial charge in [-0.05, 0) is 23.4 Å². The van der Waals surface area contributed by atoms with E-state index in [1.165, 1.54) is 16.3 Å². The maximum Gasteiger partial charge on any atom is 0.0161 e. The van der Waals surface area contributed by atoms with Crippen molar-refractivity contribution < 1.29 is 20.1 Å². The van der Waals surface area contributed by atoms with Crippen LogP contribution in [0, 0.1) is 6.07 Å². The summed E-state index contributed by atoms with van der Waals surface area (Å²) in [6.45, 7) is 2.18. The molecule has 0 aliphatic rings. The molecule has 0 saturated carbocycles. The van der Waals surface area contributed by atoms with Crippen molar-refractivity contribution >= 4 is 21.7 Å². The summed E-state index contributed by atoms with van der Waals surface area (Å²) in [6, 6.07) is 15.8. The van der Waals surface area contributed by atoms with E-state index < -0.39 is 0 Å². The molecule has 1 aromatic heterocycles. The molecule has 0 atom stereocenters. The molecule has 87 valence electrons. The van der Waals surface area contributed by atoms with Crippen LogP contribution in [0.1, 0.15) is 12.5 Å². The zero-order valence-corrected chi connectivity index (χ0v) is 11.9. The minimum absolute atomic E-state index is 0. The molecule has 2 aromatic carbocycles. The summed E-state index contributed by atoms with van der Waals surface area (Å²) >= 11 is 0. The Morgan fingerprint density at radius 1 is 1.18 bits per heavy atom. The molecule has 1 radical (unpaired) electrons. The SMILES string of the molecule is CCc1cc[c-]c2c1ccc1cccnc12.[Ir]. The normalized spacial score (nSPS) is 10.4. The first-order valence-corrected chi connectivity index (χ1v) is 5.57. The molecule has 0 fully saturated rings. The standard InChI is InChI=1S/C15H12N.Ir/c1-2-11-5-3-7-14-13(11)9-8-12-6-4-10-16-15(12)14;/h3-6,8-10H,2H2,1H3;/q-1;. The molecule has 3 rings (SSSR count). The molecule has 0 N–H and O–H groups in total. The monoisotopic (exact) mass is 399 g/mol. The first kappa shape index (κ1) is 12.2. The van der Waals surface area contributed by atoms with Crippen molar-refractivity contribution in [3.63, 3.8) is 0 Å². The number of pyridine rings is 1. The van der Waals surface area contributed by atoms with Crippen LogP contribution >= 0.6 is 0 Å². The molecule has 0 saturated heterocycles. The van der Waals surface area contributed by atoms with E-state index >= 15 is 0 Å². The van der Waals surface area contributed by atoms with Gasteiger partial charge in [-0.25, -0.2) is 0 Å². The molecule has 0 amide bonds. The number of benzene rings is 2. The van der Waals surface area contributed by atoms with Crippen LogP contribution < -0.4 is 0 Å². The van der Waals surface area contributed by atoms with E-state index in [2.05, 4.69) is 42.2 Å². The first-order valence-electron chi connectivity index (χ1n) is 5.57. The summed E-state index contributed by atoms with van der Waals surface area (Å²) in [7, 11) is 0. The second-order valence-electron chi connectivity index (χ2n) is 3.92. The maximum atomic E-state index is 4.45. The van der Waals surface area contributed by atoms with Gasteiger partial charge in [0.15, 0.2) is 0 Å². The Kier molecular flexibility index (Phi) is 3.56. The Morgan fingerprint density at radius 2 is 2.06 bits per heavy atom. The van der Waals surface area contributed by atoms with Crippen LogP contribution in [0.2, 0.25) is 0 Å². The summed E-state index contributed by atoms with van der Waals surface area (Å²) in [5.74, 6) is 0. The largest absolute Gasteiger partial charge is 0.304 e. The van der Waals surface area contributed by atoms with E-state index in [0.29, 0.717) is 0 Å². The van der Waals surface area contributed by atoms with Crippen LogP contribution in [0.5, 0.6) is 0 Å². The van der Waals surface area contributed by atoms with E-state index in [9.17, 15) is 0 Å². The minimum atomic E-state index is 0. The van der Waals surface area contributed by atoms with Crippen LogP contribution in [0.4, 0.5) is 0 Å². The molecular formula is C15H12IrN-. The third kappa shape index (κ3) is 1.99. The number of rotatable bonds is 1. The predicted molar refractivity (Wildman–Crippen MR) is 67.5 cm³/mol. The Bertz CT molecular complexity index is 661. The minimum Gasteiger partial charge on any atom is -0.304 e. The smallest absolute Gasteiger partial charge is 0.0161 e. The molecule has 1 nitrogen and oxygen atoms in total. The van der Waals surface area contributed by atoms with Gasteiger partial charge in [0.05, 0.1) is 0 Å².